The molecule has 1 aromatic rings. The monoisotopic (exact) mass is 396 g/mol. The van der Waals surface area contributed by atoms with Crippen LogP contribution in [0.5, 0.6) is 0 Å². The summed E-state index contributed by atoms with van der Waals surface area (Å²) in [5, 5.41) is 9.03. The summed E-state index contributed by atoms with van der Waals surface area (Å²) in [6.07, 6.45) is 0.620. The molecule has 0 radical (unpaired) electrons. The van der Waals surface area contributed by atoms with E-state index in [9.17, 15) is 13.2 Å². The number of hydrogen-bond acceptors (Lipinski definition) is 4. The van der Waals surface area contributed by atoms with E-state index in [1.165, 1.54) is 22.5 Å². The molecule has 0 aliphatic carbocycles. The maximum atomic E-state index is 12.3. The van der Waals surface area contributed by atoms with Crippen molar-refractivity contribution in [1.29, 1.82) is 0 Å². The Bertz CT molecular complexity index is 617. The van der Waals surface area contributed by atoms with Crippen LogP contribution in [-0.2, 0) is 10.0 Å². The summed E-state index contributed by atoms with van der Waals surface area (Å²) in [7, 11) is -3.66. The molecule has 3 N–H and O–H groups in total. The number of nitrogens with two attached hydrogens (primary N) is 1. The van der Waals surface area contributed by atoms with Crippen molar-refractivity contribution < 1.29 is 18.3 Å². The lowest BCUT2D eigenvalue weighted by molar-refractivity contribution is 0.0695. The van der Waals surface area contributed by atoms with E-state index >= 15 is 0 Å². The van der Waals surface area contributed by atoms with E-state index in [4.69, 9.17) is 10.8 Å². The van der Waals surface area contributed by atoms with Gasteiger partial charge in [0, 0.05) is 22.7 Å². The minimum atomic E-state index is -3.66. The van der Waals surface area contributed by atoms with Crippen molar-refractivity contribution in [2.24, 2.45) is 5.73 Å². The third-order valence-electron chi connectivity index (χ3n) is 2.99. The van der Waals surface area contributed by atoms with Crippen molar-refractivity contribution in [1.82, 2.24) is 4.31 Å². The molecule has 104 valence electrons. The van der Waals surface area contributed by atoms with Crippen LogP contribution in [0.15, 0.2) is 23.1 Å². The number of carboxylic acid groups (broad SMARTS) is 1. The molecule has 19 heavy (non-hydrogen) atoms. The number of nitrogens with zero attached hydrogens (tertiary/aromatic N) is 1. The van der Waals surface area contributed by atoms with Gasteiger partial charge in [-0.1, -0.05) is 0 Å². The molecular formula is C11H13IN2O4S. The van der Waals surface area contributed by atoms with Crippen LogP contribution in [0, 0.1) is 3.57 Å². The van der Waals surface area contributed by atoms with Gasteiger partial charge in [0.15, 0.2) is 0 Å². The number of rotatable bonds is 3. The molecule has 6 nitrogen and oxygen atoms in total. The number of carbonyl (C=O) groups is 1. The van der Waals surface area contributed by atoms with Gasteiger partial charge in [-0.05, 0) is 47.2 Å². The molecule has 1 aliphatic heterocycles. The lowest BCUT2D eigenvalue weighted by Crippen LogP contribution is -2.32. The van der Waals surface area contributed by atoms with E-state index in [0.717, 1.165) is 0 Å². The molecule has 0 bridgehead atoms. The van der Waals surface area contributed by atoms with Crippen LogP contribution in [0.1, 0.15) is 16.8 Å². The van der Waals surface area contributed by atoms with Crippen molar-refractivity contribution >= 4 is 38.6 Å². The molecule has 2 rings (SSSR count). The molecule has 1 fully saturated rings. The van der Waals surface area contributed by atoms with Crippen LogP contribution in [0.4, 0.5) is 0 Å². The normalized spacial score (nSPS) is 20.6. The largest absolute Gasteiger partial charge is 0.478 e. The smallest absolute Gasteiger partial charge is 0.336 e. The molecule has 0 saturated carbocycles. The van der Waals surface area contributed by atoms with Crippen molar-refractivity contribution in [2.45, 2.75) is 17.4 Å². The van der Waals surface area contributed by atoms with Gasteiger partial charge in [-0.3, -0.25) is 0 Å². The zero-order valence-electron chi connectivity index (χ0n) is 9.91. The number of sulfonamides is 1. The zero-order chi connectivity index (χ0) is 14.2. The summed E-state index contributed by atoms with van der Waals surface area (Å²) in [5.74, 6) is -1.14. The van der Waals surface area contributed by atoms with Crippen LogP contribution in [0.2, 0.25) is 0 Å². The van der Waals surface area contributed by atoms with Gasteiger partial charge in [0.25, 0.3) is 0 Å². The molecule has 8 heteroatoms. The summed E-state index contributed by atoms with van der Waals surface area (Å²) in [6.45, 7) is 0.647. The second kappa shape index (κ2) is 5.35. The third-order valence-corrected chi connectivity index (χ3v) is 5.80. The van der Waals surface area contributed by atoms with Gasteiger partial charge in [-0.2, -0.15) is 4.31 Å². The fraction of sp³-hybridized carbons (Fsp3) is 0.364. The van der Waals surface area contributed by atoms with Gasteiger partial charge in [-0.15, -0.1) is 0 Å². The first-order chi connectivity index (χ1) is 8.82. The Kier molecular flexibility index (Phi) is 4.14. The highest BCUT2D eigenvalue weighted by atomic mass is 127. The minimum absolute atomic E-state index is 0.000541. The first kappa shape index (κ1) is 14.7. The number of aromatic carboxylic acids is 1. The molecule has 1 saturated heterocycles. The molecule has 0 aromatic heterocycles. The van der Waals surface area contributed by atoms with E-state index in [1.807, 2.05) is 22.6 Å². The Morgan fingerprint density at radius 3 is 2.68 bits per heavy atom. The fourth-order valence-electron chi connectivity index (χ4n) is 1.95. The van der Waals surface area contributed by atoms with Gasteiger partial charge < -0.3 is 10.8 Å². The van der Waals surface area contributed by atoms with E-state index in [0.29, 0.717) is 16.5 Å². The van der Waals surface area contributed by atoms with Gasteiger partial charge in [-0.25, -0.2) is 13.2 Å². The molecule has 1 atom stereocenters. The zero-order valence-corrected chi connectivity index (χ0v) is 12.9. The summed E-state index contributed by atoms with van der Waals surface area (Å²) >= 11 is 1.86. The molecular weight excluding hydrogens is 383 g/mol. The van der Waals surface area contributed by atoms with Crippen LogP contribution in [-0.4, -0.2) is 42.9 Å². The first-order valence-corrected chi connectivity index (χ1v) is 8.13. The summed E-state index contributed by atoms with van der Waals surface area (Å²) in [6, 6.07) is 3.96. The minimum Gasteiger partial charge on any atom is -0.478 e. The summed E-state index contributed by atoms with van der Waals surface area (Å²) in [5.41, 5.74) is 5.69. The highest BCUT2D eigenvalue weighted by Crippen LogP contribution is 2.23. The van der Waals surface area contributed by atoms with Crippen molar-refractivity contribution in [2.75, 3.05) is 13.1 Å². The molecule has 0 spiro atoms. The van der Waals surface area contributed by atoms with Gasteiger partial charge in [0.2, 0.25) is 10.0 Å². The van der Waals surface area contributed by atoms with E-state index in [1.54, 1.807) is 0 Å². The predicted octanol–water partition coefficient (Wildman–Crippen LogP) is 0.711. The highest BCUT2D eigenvalue weighted by molar-refractivity contribution is 14.1. The molecule has 1 aliphatic rings. The predicted molar refractivity (Wildman–Crippen MR) is 77.5 cm³/mol. The number of hydrogen-bond donors (Lipinski definition) is 2. The van der Waals surface area contributed by atoms with Gasteiger partial charge in [0.1, 0.15) is 0 Å². The summed E-state index contributed by atoms with van der Waals surface area (Å²) in [4.78, 5) is 11.0. The Morgan fingerprint density at radius 1 is 1.47 bits per heavy atom. The van der Waals surface area contributed by atoms with Crippen LogP contribution < -0.4 is 5.73 Å². The van der Waals surface area contributed by atoms with Gasteiger partial charge in [0.05, 0.1) is 10.5 Å². The third kappa shape index (κ3) is 2.91. The van der Waals surface area contributed by atoms with E-state index < -0.39 is 16.0 Å². The average molecular weight is 396 g/mol. The first-order valence-electron chi connectivity index (χ1n) is 5.61. The van der Waals surface area contributed by atoms with Crippen molar-refractivity contribution in [3.05, 3.63) is 27.3 Å². The van der Waals surface area contributed by atoms with Crippen LogP contribution in [0.25, 0.3) is 0 Å². The Labute approximate surface area is 124 Å². The van der Waals surface area contributed by atoms with Crippen molar-refractivity contribution in [3.8, 4) is 0 Å². The maximum absolute atomic E-state index is 12.3. The molecule has 1 heterocycles. The van der Waals surface area contributed by atoms with Gasteiger partial charge >= 0.3 is 5.97 Å². The molecule has 0 amide bonds. The Balaban J connectivity index is 2.41. The van der Waals surface area contributed by atoms with E-state index in [2.05, 4.69) is 0 Å². The standard InChI is InChI=1S/C11H13IN2O4S/c12-10-2-1-8(5-9(10)11(15)16)19(17,18)14-4-3-7(13)6-14/h1-2,5,7H,3-4,6,13H2,(H,15,16). The topological polar surface area (TPSA) is 101 Å². The fourth-order valence-corrected chi connectivity index (χ4v) is 4.05. The van der Waals surface area contributed by atoms with Crippen LogP contribution >= 0.6 is 22.6 Å². The number of carboxylic acids is 1. The number of halogens is 1. The number of benzene rings is 1. The molecule has 1 unspecified atom stereocenters. The average Bonchev–Trinajstić information content (AvgIpc) is 2.76. The molecule has 1 aromatic carbocycles. The van der Waals surface area contributed by atoms with E-state index in [-0.39, 0.29) is 23.0 Å². The SMILES string of the molecule is NC1CCN(S(=O)(=O)c2ccc(I)c(C(=O)O)c2)C1. The second-order valence-corrected chi connectivity index (χ2v) is 7.46. The Hall–Kier alpha value is -0.710. The maximum Gasteiger partial charge on any atom is 0.336 e. The second-order valence-electron chi connectivity index (χ2n) is 4.36. The quantitative estimate of drug-likeness (QED) is 0.734. The summed E-state index contributed by atoms with van der Waals surface area (Å²) < 4.78 is 26.5. The van der Waals surface area contributed by atoms with Crippen LogP contribution in [0.3, 0.4) is 0 Å². The lowest BCUT2D eigenvalue weighted by atomic mass is 10.2. The Morgan fingerprint density at radius 2 is 2.16 bits per heavy atom. The highest BCUT2D eigenvalue weighted by Gasteiger charge is 2.31. The lowest BCUT2D eigenvalue weighted by Gasteiger charge is -2.16. The van der Waals surface area contributed by atoms with Crippen molar-refractivity contribution in [3.63, 3.8) is 0 Å².